The molecule has 1 nitrogen and oxygen atoms in total. The highest BCUT2D eigenvalue weighted by molar-refractivity contribution is 7.12. The predicted molar refractivity (Wildman–Crippen MR) is 70.3 cm³/mol. The van der Waals surface area contributed by atoms with Crippen LogP contribution in [0.5, 0.6) is 0 Å². The van der Waals surface area contributed by atoms with Crippen molar-refractivity contribution in [2.75, 3.05) is 20.6 Å². The first-order valence-corrected chi connectivity index (χ1v) is 6.93. The fraction of sp³-hybridized carbons (Fsp3) is 0.636. The number of alkyl halides is 2. The molecule has 0 saturated carbocycles. The van der Waals surface area contributed by atoms with Crippen LogP contribution in [0.25, 0.3) is 0 Å². The van der Waals surface area contributed by atoms with E-state index in [1.54, 1.807) is 11.3 Å². The molecule has 1 aromatic heterocycles. The number of hydrogen-bond donors (Lipinski definition) is 0. The Morgan fingerprint density at radius 1 is 1.27 bits per heavy atom. The molecule has 0 aromatic carbocycles. The monoisotopic (exact) mass is 265 g/mol. The number of halogens is 2. The maximum absolute atomic E-state index is 5.85. The van der Waals surface area contributed by atoms with Gasteiger partial charge in [0, 0.05) is 15.6 Å². The van der Waals surface area contributed by atoms with Crippen molar-refractivity contribution in [3.8, 4) is 0 Å². The van der Waals surface area contributed by atoms with E-state index in [0.717, 1.165) is 13.0 Å². The Morgan fingerprint density at radius 3 is 2.47 bits per heavy atom. The van der Waals surface area contributed by atoms with E-state index in [4.69, 9.17) is 23.2 Å². The summed E-state index contributed by atoms with van der Waals surface area (Å²) in [4.78, 5) is 4.84. The van der Waals surface area contributed by atoms with Gasteiger partial charge in [0.15, 0.2) is 0 Å². The Hall–Kier alpha value is 0.240. The lowest BCUT2D eigenvalue weighted by Gasteiger charge is -2.07. The van der Waals surface area contributed by atoms with Gasteiger partial charge in [-0.1, -0.05) is 0 Å². The molecule has 0 saturated heterocycles. The summed E-state index contributed by atoms with van der Waals surface area (Å²) in [5, 5.41) is 0. The van der Waals surface area contributed by atoms with Crippen molar-refractivity contribution in [1.29, 1.82) is 0 Å². The van der Waals surface area contributed by atoms with Crippen LogP contribution >= 0.6 is 34.5 Å². The lowest BCUT2D eigenvalue weighted by molar-refractivity contribution is 0.401. The van der Waals surface area contributed by atoms with Crippen LogP contribution in [0.2, 0.25) is 0 Å². The Bertz CT molecular complexity index is 275. The molecule has 0 aliphatic heterocycles. The van der Waals surface area contributed by atoms with E-state index < -0.39 is 0 Å². The molecule has 0 unspecified atom stereocenters. The Labute approximate surface area is 106 Å². The summed E-state index contributed by atoms with van der Waals surface area (Å²) in [5.74, 6) is 1.16. The van der Waals surface area contributed by atoms with E-state index in [0.29, 0.717) is 11.8 Å². The largest absolute Gasteiger partial charge is 0.309 e. The zero-order valence-corrected chi connectivity index (χ0v) is 11.6. The first-order chi connectivity index (χ1) is 7.17. The third-order valence-corrected chi connectivity index (χ3v) is 4.19. The zero-order valence-electron chi connectivity index (χ0n) is 9.22. The molecule has 0 bridgehead atoms. The first kappa shape index (κ1) is 13.3. The normalized spacial score (nSPS) is 11.3. The molecule has 0 N–H and O–H groups in total. The van der Waals surface area contributed by atoms with E-state index in [-0.39, 0.29) is 0 Å². The lowest BCUT2D eigenvalue weighted by atomic mass is 10.2. The third-order valence-electron chi connectivity index (χ3n) is 2.24. The van der Waals surface area contributed by atoms with Crippen LogP contribution in [-0.2, 0) is 18.2 Å². The van der Waals surface area contributed by atoms with Crippen molar-refractivity contribution in [2.24, 2.45) is 0 Å². The van der Waals surface area contributed by atoms with Crippen LogP contribution in [0.15, 0.2) is 6.07 Å². The molecule has 0 aliphatic rings. The zero-order chi connectivity index (χ0) is 11.3. The topological polar surface area (TPSA) is 3.24 Å². The van der Waals surface area contributed by atoms with Crippen molar-refractivity contribution in [1.82, 2.24) is 4.90 Å². The van der Waals surface area contributed by atoms with Gasteiger partial charge in [-0.2, -0.15) is 0 Å². The second-order valence-corrected chi connectivity index (χ2v) is 5.59. The highest BCUT2D eigenvalue weighted by atomic mass is 35.5. The first-order valence-electron chi connectivity index (χ1n) is 5.04. The molecule has 0 amide bonds. The van der Waals surface area contributed by atoms with Gasteiger partial charge in [0.2, 0.25) is 0 Å². The summed E-state index contributed by atoms with van der Waals surface area (Å²) < 4.78 is 0. The van der Waals surface area contributed by atoms with E-state index >= 15 is 0 Å². The molecule has 0 atom stereocenters. The second-order valence-electron chi connectivity index (χ2n) is 3.84. The van der Waals surface area contributed by atoms with E-state index in [1.807, 2.05) is 0 Å². The Balaban J connectivity index is 2.51. The van der Waals surface area contributed by atoms with Crippen LogP contribution in [0.3, 0.4) is 0 Å². The van der Waals surface area contributed by atoms with Gasteiger partial charge in [-0.05, 0) is 45.1 Å². The summed E-state index contributed by atoms with van der Waals surface area (Å²) in [7, 11) is 4.20. The molecular formula is C11H17Cl2NS. The number of thiophene rings is 1. The molecule has 1 rings (SSSR count). The fourth-order valence-electron chi connectivity index (χ4n) is 1.45. The Kier molecular flexibility index (Phi) is 5.98. The van der Waals surface area contributed by atoms with E-state index in [2.05, 4.69) is 25.1 Å². The van der Waals surface area contributed by atoms with Gasteiger partial charge in [-0.25, -0.2) is 0 Å². The summed E-state index contributed by atoms with van der Waals surface area (Å²) in [6, 6.07) is 2.20. The van der Waals surface area contributed by atoms with Gasteiger partial charge in [0.25, 0.3) is 0 Å². The van der Waals surface area contributed by atoms with Crippen molar-refractivity contribution in [2.45, 2.75) is 24.6 Å². The second kappa shape index (κ2) is 6.74. The highest BCUT2D eigenvalue weighted by Crippen LogP contribution is 2.26. The van der Waals surface area contributed by atoms with Gasteiger partial charge >= 0.3 is 0 Å². The molecule has 1 aromatic rings. The average molecular weight is 266 g/mol. The Morgan fingerprint density at radius 2 is 2.00 bits per heavy atom. The van der Waals surface area contributed by atoms with E-state index in [1.165, 1.54) is 21.7 Å². The minimum absolute atomic E-state index is 0.576. The maximum Gasteiger partial charge on any atom is 0.0571 e. The summed E-state index contributed by atoms with van der Waals surface area (Å²) in [5.41, 5.74) is 1.21. The van der Waals surface area contributed by atoms with Crippen molar-refractivity contribution in [3.05, 3.63) is 21.4 Å². The summed E-state index contributed by atoms with van der Waals surface area (Å²) >= 11 is 13.5. The van der Waals surface area contributed by atoms with Gasteiger partial charge in [0.05, 0.1) is 5.88 Å². The van der Waals surface area contributed by atoms with Gasteiger partial charge in [0.1, 0.15) is 0 Å². The minimum atomic E-state index is 0.576. The quantitative estimate of drug-likeness (QED) is 0.709. The molecular weight excluding hydrogens is 249 g/mol. The minimum Gasteiger partial charge on any atom is -0.309 e. The third kappa shape index (κ3) is 4.31. The van der Waals surface area contributed by atoms with Crippen molar-refractivity contribution in [3.63, 3.8) is 0 Å². The van der Waals surface area contributed by atoms with Crippen LogP contribution < -0.4 is 0 Å². The highest BCUT2D eigenvalue weighted by Gasteiger charge is 2.07. The van der Waals surface area contributed by atoms with Crippen LogP contribution in [0.4, 0.5) is 0 Å². The molecule has 0 fully saturated rings. The number of hydrogen-bond acceptors (Lipinski definition) is 2. The average Bonchev–Trinajstić information content (AvgIpc) is 2.59. The summed E-state index contributed by atoms with van der Waals surface area (Å²) in [6.07, 6.45) is 2.32. The number of rotatable bonds is 6. The number of aryl methyl sites for hydroxylation is 1. The molecule has 0 spiro atoms. The van der Waals surface area contributed by atoms with Crippen LogP contribution in [0.1, 0.15) is 21.7 Å². The van der Waals surface area contributed by atoms with Crippen molar-refractivity contribution >= 4 is 34.5 Å². The molecule has 0 radical (unpaired) electrons. The molecule has 0 aliphatic carbocycles. The maximum atomic E-state index is 5.85. The van der Waals surface area contributed by atoms with E-state index in [9.17, 15) is 0 Å². The molecule has 1 heterocycles. The molecule has 15 heavy (non-hydrogen) atoms. The standard InChI is InChI=1S/C11H17Cl2NS/c1-14(2)5-3-4-10-6-9(7-12)11(8-13)15-10/h6H,3-5,7-8H2,1-2H3. The van der Waals surface area contributed by atoms with Gasteiger partial charge in [-0.3, -0.25) is 0 Å². The number of nitrogens with zero attached hydrogens (tertiary/aromatic N) is 1. The summed E-state index contributed by atoms with van der Waals surface area (Å²) in [6.45, 7) is 1.13. The van der Waals surface area contributed by atoms with Crippen LogP contribution in [0, 0.1) is 0 Å². The smallest absolute Gasteiger partial charge is 0.0571 e. The predicted octanol–water partition coefficient (Wildman–Crippen LogP) is 3.72. The van der Waals surface area contributed by atoms with Gasteiger partial charge in [-0.15, -0.1) is 34.5 Å². The lowest BCUT2D eigenvalue weighted by Crippen LogP contribution is -2.13. The SMILES string of the molecule is CN(C)CCCc1cc(CCl)c(CCl)s1. The van der Waals surface area contributed by atoms with Crippen LogP contribution in [-0.4, -0.2) is 25.5 Å². The molecule has 4 heteroatoms. The fourth-order valence-corrected chi connectivity index (χ4v) is 3.18. The van der Waals surface area contributed by atoms with Gasteiger partial charge < -0.3 is 4.90 Å². The van der Waals surface area contributed by atoms with Crippen molar-refractivity contribution < 1.29 is 0 Å². The molecule has 86 valence electrons.